The highest BCUT2D eigenvalue weighted by molar-refractivity contribution is 6.35. The zero-order valence-corrected chi connectivity index (χ0v) is 12.2. The van der Waals surface area contributed by atoms with E-state index in [0.717, 1.165) is 17.8 Å². The molecule has 1 heterocycles. The maximum atomic E-state index is 6.20. The molecule has 2 rings (SSSR count). The van der Waals surface area contributed by atoms with Crippen molar-refractivity contribution in [3.8, 4) is 11.3 Å². The average Bonchev–Trinajstić information content (AvgIpc) is 2.70. The zero-order chi connectivity index (χ0) is 14.0. The molecule has 0 spiro atoms. The van der Waals surface area contributed by atoms with Crippen LogP contribution in [0.25, 0.3) is 11.3 Å². The molecule has 3 nitrogen and oxygen atoms in total. The van der Waals surface area contributed by atoms with Crippen molar-refractivity contribution in [2.24, 2.45) is 0 Å². The van der Waals surface area contributed by atoms with Crippen LogP contribution in [0.1, 0.15) is 12.7 Å². The van der Waals surface area contributed by atoms with Gasteiger partial charge in [-0.3, -0.25) is 0 Å². The van der Waals surface area contributed by atoms with Crippen LogP contribution < -0.4 is 5.73 Å². The second-order valence-corrected chi connectivity index (χ2v) is 4.98. The minimum atomic E-state index is 0.584. The summed E-state index contributed by atoms with van der Waals surface area (Å²) < 4.78 is 1.93. The van der Waals surface area contributed by atoms with E-state index in [-0.39, 0.29) is 0 Å². The summed E-state index contributed by atoms with van der Waals surface area (Å²) in [5.41, 5.74) is 7.59. The summed E-state index contributed by atoms with van der Waals surface area (Å²) in [7, 11) is 0. The maximum absolute atomic E-state index is 6.20. The lowest BCUT2D eigenvalue weighted by Crippen LogP contribution is -2.05. The molecule has 2 N–H and O–H groups in total. The molecule has 0 saturated carbocycles. The van der Waals surface area contributed by atoms with Gasteiger partial charge in [-0.15, -0.1) is 6.58 Å². The Kier molecular flexibility index (Phi) is 4.17. The van der Waals surface area contributed by atoms with Gasteiger partial charge < -0.3 is 10.3 Å². The highest BCUT2D eigenvalue weighted by atomic mass is 35.5. The fourth-order valence-electron chi connectivity index (χ4n) is 1.99. The molecule has 5 heteroatoms. The number of anilines is 1. The van der Waals surface area contributed by atoms with Gasteiger partial charge in [0, 0.05) is 23.6 Å². The van der Waals surface area contributed by atoms with Gasteiger partial charge in [0.05, 0.1) is 5.02 Å². The largest absolute Gasteiger partial charge is 0.383 e. The van der Waals surface area contributed by atoms with Crippen molar-refractivity contribution < 1.29 is 0 Å². The lowest BCUT2D eigenvalue weighted by Gasteiger charge is -2.06. The van der Waals surface area contributed by atoms with Gasteiger partial charge in [-0.1, -0.05) is 36.2 Å². The van der Waals surface area contributed by atoms with Gasteiger partial charge >= 0.3 is 0 Å². The van der Waals surface area contributed by atoms with Crippen LogP contribution in [0, 0.1) is 0 Å². The molecule has 0 aliphatic carbocycles. The van der Waals surface area contributed by atoms with Gasteiger partial charge in [-0.2, -0.15) is 0 Å². The number of halogens is 2. The Hall–Kier alpha value is -1.45. The van der Waals surface area contributed by atoms with Crippen molar-refractivity contribution in [3.63, 3.8) is 0 Å². The first-order valence-electron chi connectivity index (χ1n) is 5.99. The van der Waals surface area contributed by atoms with E-state index in [9.17, 15) is 0 Å². The number of hydrogen-bond acceptors (Lipinski definition) is 2. The molecule has 0 atom stereocenters. The van der Waals surface area contributed by atoms with Crippen molar-refractivity contribution in [2.75, 3.05) is 5.73 Å². The van der Waals surface area contributed by atoms with Crippen LogP contribution in [-0.2, 0) is 13.0 Å². The molecule has 0 unspecified atom stereocenters. The van der Waals surface area contributed by atoms with Gasteiger partial charge in [0.2, 0.25) is 0 Å². The van der Waals surface area contributed by atoms with Crippen molar-refractivity contribution in [1.29, 1.82) is 0 Å². The third-order valence-electron chi connectivity index (χ3n) is 2.90. The molecule has 0 fully saturated rings. The minimum Gasteiger partial charge on any atom is -0.383 e. The van der Waals surface area contributed by atoms with Gasteiger partial charge in [0.15, 0.2) is 0 Å². The molecule has 0 radical (unpaired) electrons. The highest BCUT2D eigenvalue weighted by Gasteiger charge is 2.16. The zero-order valence-electron chi connectivity index (χ0n) is 10.7. The second kappa shape index (κ2) is 5.68. The first-order valence-corrected chi connectivity index (χ1v) is 6.75. The van der Waals surface area contributed by atoms with E-state index in [1.54, 1.807) is 24.3 Å². The number of aromatic nitrogens is 2. The number of allylic oxidation sites excluding steroid dienone is 1. The predicted molar refractivity (Wildman–Crippen MR) is 81.7 cm³/mol. The summed E-state index contributed by atoms with van der Waals surface area (Å²) in [5, 5.41) is 1.19. The van der Waals surface area contributed by atoms with Crippen LogP contribution in [0.2, 0.25) is 10.0 Å². The Labute approximate surface area is 122 Å². The lowest BCUT2D eigenvalue weighted by molar-refractivity contribution is 0.757. The molecule has 100 valence electrons. The standard InChI is InChI=1S/C14H15Cl2N3/c1-3-7-19-12(4-2)18-13(14(19)17)10-8-9(15)5-6-11(10)16/h3,5-6,8H,1,4,7,17H2,2H3. The lowest BCUT2D eigenvalue weighted by atomic mass is 10.1. The van der Waals surface area contributed by atoms with E-state index >= 15 is 0 Å². The van der Waals surface area contributed by atoms with Crippen LogP contribution in [0.3, 0.4) is 0 Å². The molecular formula is C14H15Cl2N3. The van der Waals surface area contributed by atoms with Crippen LogP contribution >= 0.6 is 23.2 Å². The molecule has 0 amide bonds. The van der Waals surface area contributed by atoms with Gasteiger partial charge in [0.25, 0.3) is 0 Å². The molecular weight excluding hydrogens is 281 g/mol. The topological polar surface area (TPSA) is 43.8 Å². The number of aryl methyl sites for hydroxylation is 1. The number of imidazole rings is 1. The monoisotopic (exact) mass is 295 g/mol. The van der Waals surface area contributed by atoms with Crippen molar-refractivity contribution >= 4 is 29.0 Å². The van der Waals surface area contributed by atoms with Gasteiger partial charge in [0.1, 0.15) is 17.3 Å². The summed E-state index contributed by atoms with van der Waals surface area (Å²) in [5.74, 6) is 1.49. The smallest absolute Gasteiger partial charge is 0.132 e. The summed E-state index contributed by atoms with van der Waals surface area (Å²) in [6.45, 7) is 6.39. The molecule has 0 aliphatic heterocycles. The van der Waals surface area contributed by atoms with E-state index in [2.05, 4.69) is 11.6 Å². The van der Waals surface area contributed by atoms with Crippen molar-refractivity contribution in [3.05, 3.63) is 46.7 Å². The quantitative estimate of drug-likeness (QED) is 0.860. The molecule has 0 aliphatic rings. The summed E-state index contributed by atoms with van der Waals surface area (Å²) in [4.78, 5) is 4.57. The van der Waals surface area contributed by atoms with E-state index < -0.39 is 0 Å². The Morgan fingerprint density at radius 2 is 2.16 bits per heavy atom. The number of hydrogen-bond donors (Lipinski definition) is 1. The fourth-order valence-corrected chi connectivity index (χ4v) is 2.37. The maximum Gasteiger partial charge on any atom is 0.132 e. The molecule has 0 saturated heterocycles. The molecule has 1 aromatic heterocycles. The first kappa shape index (κ1) is 14.0. The molecule has 0 bridgehead atoms. The minimum absolute atomic E-state index is 0.584. The number of nitrogens with zero attached hydrogens (tertiary/aromatic N) is 2. The highest BCUT2D eigenvalue weighted by Crippen LogP contribution is 2.34. The number of nitrogens with two attached hydrogens (primary N) is 1. The van der Waals surface area contributed by atoms with Crippen molar-refractivity contribution in [2.45, 2.75) is 19.9 Å². The van der Waals surface area contributed by atoms with E-state index in [1.807, 2.05) is 11.5 Å². The Morgan fingerprint density at radius 1 is 1.42 bits per heavy atom. The van der Waals surface area contributed by atoms with Gasteiger partial charge in [-0.05, 0) is 18.2 Å². The number of nitrogen functional groups attached to an aromatic ring is 1. The SMILES string of the molecule is C=CCn1c(CC)nc(-c2cc(Cl)ccc2Cl)c1N. The Morgan fingerprint density at radius 3 is 2.79 bits per heavy atom. The summed E-state index contributed by atoms with van der Waals surface area (Å²) >= 11 is 12.2. The molecule has 1 aromatic carbocycles. The van der Waals surface area contributed by atoms with Crippen molar-refractivity contribution in [1.82, 2.24) is 9.55 Å². The Balaban J connectivity index is 2.62. The molecule has 19 heavy (non-hydrogen) atoms. The van der Waals surface area contributed by atoms with Crippen LogP contribution in [0.5, 0.6) is 0 Å². The first-order chi connectivity index (χ1) is 9.08. The Bertz CT molecular complexity index is 617. The van der Waals surface area contributed by atoms with Crippen LogP contribution in [0.15, 0.2) is 30.9 Å². The van der Waals surface area contributed by atoms with Gasteiger partial charge in [-0.25, -0.2) is 4.98 Å². The third kappa shape index (κ3) is 2.62. The summed E-state index contributed by atoms with van der Waals surface area (Å²) in [6.07, 6.45) is 2.58. The second-order valence-electron chi connectivity index (χ2n) is 4.14. The van der Waals surface area contributed by atoms with Crippen LogP contribution in [-0.4, -0.2) is 9.55 Å². The fraction of sp³-hybridized carbons (Fsp3) is 0.214. The normalized spacial score (nSPS) is 10.7. The third-order valence-corrected chi connectivity index (χ3v) is 3.46. The number of rotatable bonds is 4. The van der Waals surface area contributed by atoms with E-state index in [1.165, 1.54) is 0 Å². The van der Waals surface area contributed by atoms with E-state index in [0.29, 0.717) is 28.1 Å². The average molecular weight is 296 g/mol. The number of benzene rings is 1. The molecule has 2 aromatic rings. The van der Waals surface area contributed by atoms with Crippen LogP contribution in [0.4, 0.5) is 5.82 Å². The van der Waals surface area contributed by atoms with E-state index in [4.69, 9.17) is 28.9 Å². The predicted octanol–water partition coefficient (Wildman–Crippen LogP) is 4.19. The summed E-state index contributed by atoms with van der Waals surface area (Å²) in [6, 6.07) is 5.27.